The fourth-order valence-electron chi connectivity index (χ4n) is 2.39. The summed E-state index contributed by atoms with van der Waals surface area (Å²) in [5, 5.41) is 16.1. The molecule has 0 aliphatic carbocycles. The molecule has 2 aromatic rings. The minimum atomic E-state index is -0.106. The second kappa shape index (κ2) is 7.22. The van der Waals surface area contributed by atoms with Crippen molar-refractivity contribution in [3.05, 3.63) is 46.3 Å². The second-order valence-electron chi connectivity index (χ2n) is 5.27. The third-order valence-corrected chi connectivity index (χ3v) is 3.70. The molecule has 0 saturated heterocycles. The minimum Gasteiger partial charge on any atom is -0.392 e. The van der Waals surface area contributed by atoms with E-state index in [2.05, 4.69) is 10.5 Å². The Bertz CT molecular complexity index is 640. The minimum absolute atomic E-state index is 0.0469. The van der Waals surface area contributed by atoms with Gasteiger partial charge in [-0.1, -0.05) is 31.1 Å². The summed E-state index contributed by atoms with van der Waals surface area (Å²) in [6.45, 7) is 5.85. The summed E-state index contributed by atoms with van der Waals surface area (Å²) >= 11 is 0. The fourth-order valence-corrected chi connectivity index (χ4v) is 2.39. The standard InChI is InChI=1S/C17H22N2O3/c1-4-14-13(16(5-2)22-19-14)9-17(21)18-15-8-12(10-20)7-6-11(15)3/h6-8,20H,4-5,9-10H2,1-3H3,(H,18,21). The Morgan fingerprint density at radius 1 is 1.32 bits per heavy atom. The number of carbonyl (C=O) groups is 1. The summed E-state index contributed by atoms with van der Waals surface area (Å²) in [7, 11) is 0. The smallest absolute Gasteiger partial charge is 0.229 e. The van der Waals surface area contributed by atoms with E-state index >= 15 is 0 Å². The zero-order valence-corrected chi connectivity index (χ0v) is 13.3. The van der Waals surface area contributed by atoms with Crippen LogP contribution in [0.25, 0.3) is 0 Å². The average molecular weight is 302 g/mol. The van der Waals surface area contributed by atoms with Crippen LogP contribution in [0.4, 0.5) is 5.69 Å². The van der Waals surface area contributed by atoms with Gasteiger partial charge in [0.25, 0.3) is 0 Å². The van der Waals surface area contributed by atoms with Crippen molar-refractivity contribution in [2.75, 3.05) is 5.32 Å². The molecule has 0 saturated carbocycles. The molecule has 118 valence electrons. The molecular formula is C17H22N2O3. The molecule has 0 atom stereocenters. The van der Waals surface area contributed by atoms with Crippen LogP contribution in [-0.4, -0.2) is 16.2 Å². The van der Waals surface area contributed by atoms with E-state index in [0.717, 1.165) is 40.3 Å². The largest absolute Gasteiger partial charge is 0.392 e. The SMILES string of the molecule is CCc1noc(CC)c1CC(=O)Nc1cc(CO)ccc1C. The molecule has 2 N–H and O–H groups in total. The van der Waals surface area contributed by atoms with Crippen LogP contribution in [0.5, 0.6) is 0 Å². The maximum Gasteiger partial charge on any atom is 0.229 e. The highest BCUT2D eigenvalue weighted by Gasteiger charge is 2.17. The number of hydrogen-bond donors (Lipinski definition) is 2. The number of nitrogens with zero attached hydrogens (tertiary/aromatic N) is 1. The summed E-state index contributed by atoms with van der Waals surface area (Å²) in [6, 6.07) is 5.52. The number of rotatable bonds is 6. The van der Waals surface area contributed by atoms with E-state index in [1.54, 1.807) is 6.07 Å². The predicted molar refractivity (Wildman–Crippen MR) is 84.7 cm³/mol. The van der Waals surface area contributed by atoms with Crippen LogP contribution >= 0.6 is 0 Å². The highest BCUT2D eigenvalue weighted by atomic mass is 16.5. The molecular weight excluding hydrogens is 280 g/mol. The van der Waals surface area contributed by atoms with E-state index < -0.39 is 0 Å². The first-order chi connectivity index (χ1) is 10.6. The lowest BCUT2D eigenvalue weighted by Gasteiger charge is -2.10. The molecule has 0 aliphatic rings. The van der Waals surface area contributed by atoms with Gasteiger partial charge in [0.05, 0.1) is 18.7 Å². The summed E-state index contributed by atoms with van der Waals surface area (Å²) in [5.74, 6) is 0.665. The van der Waals surface area contributed by atoms with E-state index in [0.29, 0.717) is 6.42 Å². The molecule has 0 bridgehead atoms. The Kier molecular flexibility index (Phi) is 5.33. The molecule has 1 aromatic carbocycles. The number of nitrogens with one attached hydrogen (secondary N) is 1. The number of aromatic nitrogens is 1. The summed E-state index contributed by atoms with van der Waals surface area (Å²) in [4.78, 5) is 12.3. The maximum atomic E-state index is 12.3. The van der Waals surface area contributed by atoms with E-state index in [4.69, 9.17) is 4.52 Å². The Hall–Kier alpha value is -2.14. The monoisotopic (exact) mass is 302 g/mol. The molecule has 0 spiro atoms. The van der Waals surface area contributed by atoms with Crippen molar-refractivity contribution >= 4 is 11.6 Å². The van der Waals surface area contributed by atoms with Crippen LogP contribution in [0.1, 0.15) is 42.0 Å². The van der Waals surface area contributed by atoms with Crippen molar-refractivity contribution in [3.8, 4) is 0 Å². The van der Waals surface area contributed by atoms with Crippen LogP contribution in [0.3, 0.4) is 0 Å². The maximum absolute atomic E-state index is 12.3. The van der Waals surface area contributed by atoms with Gasteiger partial charge >= 0.3 is 0 Å². The van der Waals surface area contributed by atoms with Crippen molar-refractivity contribution in [3.63, 3.8) is 0 Å². The number of carbonyl (C=O) groups excluding carboxylic acids is 1. The number of aryl methyl sites for hydroxylation is 3. The summed E-state index contributed by atoms with van der Waals surface area (Å²) in [5.41, 5.74) is 4.19. The van der Waals surface area contributed by atoms with E-state index in [-0.39, 0.29) is 18.9 Å². The van der Waals surface area contributed by atoms with Crippen molar-refractivity contribution in [1.82, 2.24) is 5.16 Å². The normalized spacial score (nSPS) is 10.7. The first-order valence-corrected chi connectivity index (χ1v) is 7.55. The Labute approximate surface area is 130 Å². The van der Waals surface area contributed by atoms with Crippen molar-refractivity contribution in [2.45, 2.75) is 46.6 Å². The zero-order valence-electron chi connectivity index (χ0n) is 13.3. The number of amides is 1. The van der Waals surface area contributed by atoms with Crippen LogP contribution < -0.4 is 5.32 Å². The van der Waals surface area contributed by atoms with Crippen LogP contribution in [0.15, 0.2) is 22.7 Å². The highest BCUT2D eigenvalue weighted by Crippen LogP contribution is 2.20. The predicted octanol–water partition coefficient (Wildman–Crippen LogP) is 2.78. The zero-order chi connectivity index (χ0) is 16.1. The van der Waals surface area contributed by atoms with Gasteiger partial charge in [-0.3, -0.25) is 4.79 Å². The molecule has 22 heavy (non-hydrogen) atoms. The second-order valence-corrected chi connectivity index (χ2v) is 5.27. The number of hydrogen-bond acceptors (Lipinski definition) is 4. The average Bonchev–Trinajstić information content (AvgIpc) is 2.91. The van der Waals surface area contributed by atoms with E-state index in [1.807, 2.05) is 32.9 Å². The van der Waals surface area contributed by atoms with Gasteiger partial charge in [0.2, 0.25) is 5.91 Å². The van der Waals surface area contributed by atoms with Crippen LogP contribution in [0, 0.1) is 6.92 Å². The van der Waals surface area contributed by atoms with E-state index in [9.17, 15) is 9.90 Å². The van der Waals surface area contributed by atoms with Gasteiger partial charge in [0.1, 0.15) is 5.76 Å². The fraction of sp³-hybridized carbons (Fsp3) is 0.412. The third kappa shape index (κ3) is 3.54. The van der Waals surface area contributed by atoms with Gasteiger partial charge in [-0.2, -0.15) is 0 Å². The molecule has 1 aromatic heterocycles. The molecule has 2 rings (SSSR count). The number of aliphatic hydroxyl groups is 1. The molecule has 5 nitrogen and oxygen atoms in total. The Balaban J connectivity index is 2.15. The topological polar surface area (TPSA) is 75.4 Å². The van der Waals surface area contributed by atoms with Crippen molar-refractivity contribution in [1.29, 1.82) is 0 Å². The van der Waals surface area contributed by atoms with Gasteiger partial charge in [0.15, 0.2) is 0 Å². The van der Waals surface area contributed by atoms with Crippen LogP contribution in [-0.2, 0) is 30.7 Å². The van der Waals surface area contributed by atoms with Gasteiger partial charge in [-0.15, -0.1) is 0 Å². The number of benzene rings is 1. The van der Waals surface area contributed by atoms with Gasteiger partial charge < -0.3 is 14.9 Å². The highest BCUT2D eigenvalue weighted by molar-refractivity contribution is 5.93. The van der Waals surface area contributed by atoms with Crippen molar-refractivity contribution < 1.29 is 14.4 Å². The number of anilines is 1. The molecule has 0 fully saturated rings. The van der Waals surface area contributed by atoms with Gasteiger partial charge in [-0.05, 0) is 30.5 Å². The van der Waals surface area contributed by atoms with Gasteiger partial charge in [0, 0.05) is 17.7 Å². The molecule has 0 radical (unpaired) electrons. The lowest BCUT2D eigenvalue weighted by Crippen LogP contribution is -2.16. The lowest BCUT2D eigenvalue weighted by atomic mass is 10.1. The molecule has 1 amide bonds. The molecule has 0 unspecified atom stereocenters. The summed E-state index contributed by atoms with van der Waals surface area (Å²) in [6.07, 6.45) is 1.71. The van der Waals surface area contributed by atoms with Crippen molar-refractivity contribution in [2.24, 2.45) is 0 Å². The van der Waals surface area contributed by atoms with Gasteiger partial charge in [-0.25, -0.2) is 0 Å². The molecule has 0 aliphatic heterocycles. The summed E-state index contributed by atoms with van der Waals surface area (Å²) < 4.78 is 5.28. The Morgan fingerprint density at radius 2 is 2.09 bits per heavy atom. The first-order valence-electron chi connectivity index (χ1n) is 7.55. The Morgan fingerprint density at radius 3 is 2.73 bits per heavy atom. The number of aliphatic hydroxyl groups excluding tert-OH is 1. The van der Waals surface area contributed by atoms with E-state index in [1.165, 1.54) is 0 Å². The van der Waals surface area contributed by atoms with Crippen LogP contribution in [0.2, 0.25) is 0 Å². The quantitative estimate of drug-likeness (QED) is 0.860. The lowest BCUT2D eigenvalue weighted by molar-refractivity contribution is -0.115. The third-order valence-electron chi connectivity index (χ3n) is 3.70. The molecule has 5 heteroatoms. The molecule has 1 heterocycles. The first kappa shape index (κ1) is 16.2.